The number of hydrogen-bond donors (Lipinski definition) is 0. The van der Waals surface area contributed by atoms with Crippen LogP contribution in [0.25, 0.3) is 0 Å². The highest BCUT2D eigenvalue weighted by Crippen LogP contribution is 2.11. The summed E-state index contributed by atoms with van der Waals surface area (Å²) in [5.74, 6) is 0.0750. The van der Waals surface area contributed by atoms with E-state index in [2.05, 4.69) is 22.9 Å². The summed E-state index contributed by atoms with van der Waals surface area (Å²) < 4.78 is 0.992. The van der Waals surface area contributed by atoms with E-state index < -0.39 is 0 Å². The molecular weight excluding hydrogens is 240 g/mol. The van der Waals surface area contributed by atoms with E-state index in [0.29, 0.717) is 0 Å². The third-order valence-corrected chi connectivity index (χ3v) is 2.38. The summed E-state index contributed by atoms with van der Waals surface area (Å²) in [6.07, 6.45) is 5.60. The van der Waals surface area contributed by atoms with Gasteiger partial charge in [-0.2, -0.15) is 0 Å². The van der Waals surface area contributed by atoms with Crippen LogP contribution in [0.3, 0.4) is 0 Å². The first kappa shape index (κ1) is 11.2. The molecule has 0 radical (unpaired) electrons. The Morgan fingerprint density at radius 2 is 2.00 bits per heavy atom. The molecule has 0 atom stereocenters. The second-order valence-electron chi connectivity index (χ2n) is 3.06. The van der Waals surface area contributed by atoms with E-state index in [0.717, 1.165) is 22.9 Å². The number of halogens is 1. The first-order valence-electron chi connectivity index (χ1n) is 4.70. The van der Waals surface area contributed by atoms with Crippen LogP contribution in [0.5, 0.6) is 0 Å². The van der Waals surface area contributed by atoms with E-state index in [1.165, 1.54) is 0 Å². The van der Waals surface area contributed by atoms with E-state index in [9.17, 15) is 4.79 Å². The molecule has 14 heavy (non-hydrogen) atoms. The van der Waals surface area contributed by atoms with Gasteiger partial charge in [-0.3, -0.25) is 4.79 Å². The summed E-state index contributed by atoms with van der Waals surface area (Å²) in [6, 6.07) is 7.40. The molecule has 0 amide bonds. The molecule has 0 unspecified atom stereocenters. The molecule has 0 N–H and O–H groups in total. The maximum atomic E-state index is 11.5. The third-order valence-electron chi connectivity index (χ3n) is 1.85. The van der Waals surface area contributed by atoms with Gasteiger partial charge in [0.2, 0.25) is 0 Å². The van der Waals surface area contributed by atoms with Crippen molar-refractivity contribution in [1.29, 1.82) is 0 Å². The van der Waals surface area contributed by atoms with Crippen LogP contribution in [-0.2, 0) is 0 Å². The fraction of sp³-hybridized carbons (Fsp3) is 0.250. The van der Waals surface area contributed by atoms with Gasteiger partial charge in [0, 0.05) is 10.0 Å². The largest absolute Gasteiger partial charge is 0.289 e. The van der Waals surface area contributed by atoms with E-state index in [-0.39, 0.29) is 5.78 Å². The normalized spacial score (nSPS) is 10.7. The predicted octanol–water partition coefficient (Wildman–Crippen LogP) is 3.99. The summed E-state index contributed by atoms with van der Waals surface area (Å²) in [6.45, 7) is 2.09. The Kier molecular flexibility index (Phi) is 4.60. The topological polar surface area (TPSA) is 17.1 Å². The summed E-state index contributed by atoms with van der Waals surface area (Å²) in [5, 5.41) is 0. The van der Waals surface area contributed by atoms with Crippen molar-refractivity contribution in [1.82, 2.24) is 0 Å². The molecule has 0 spiro atoms. The monoisotopic (exact) mass is 252 g/mol. The molecule has 0 aliphatic rings. The van der Waals surface area contributed by atoms with Crippen LogP contribution in [0.15, 0.2) is 40.9 Å². The van der Waals surface area contributed by atoms with E-state index in [1.807, 2.05) is 30.3 Å². The lowest BCUT2D eigenvalue weighted by Gasteiger charge is -1.95. The molecule has 0 saturated heterocycles. The molecule has 0 fully saturated rings. The molecule has 0 aliphatic carbocycles. The van der Waals surface area contributed by atoms with Crippen molar-refractivity contribution in [2.75, 3.05) is 0 Å². The highest BCUT2D eigenvalue weighted by Gasteiger charge is 1.99. The molecule has 1 nitrogen and oxygen atoms in total. The Labute approximate surface area is 93.0 Å². The number of unbranched alkanes of at least 4 members (excludes halogenated alkanes) is 1. The van der Waals surface area contributed by atoms with Gasteiger partial charge in [-0.05, 0) is 36.8 Å². The van der Waals surface area contributed by atoms with Gasteiger partial charge in [0.05, 0.1) is 0 Å². The first-order valence-corrected chi connectivity index (χ1v) is 5.49. The van der Waals surface area contributed by atoms with Gasteiger partial charge < -0.3 is 0 Å². The lowest BCUT2D eigenvalue weighted by Crippen LogP contribution is -1.92. The molecular formula is C12H13BrO. The quantitative estimate of drug-likeness (QED) is 0.585. The highest BCUT2D eigenvalue weighted by atomic mass is 79.9. The van der Waals surface area contributed by atoms with Crippen LogP contribution >= 0.6 is 15.9 Å². The Hall–Kier alpha value is -0.890. The first-order chi connectivity index (χ1) is 6.74. The molecule has 0 aromatic heterocycles. The number of benzene rings is 1. The lowest BCUT2D eigenvalue weighted by molar-refractivity contribution is 0.104. The molecule has 1 aromatic rings. The zero-order valence-corrected chi connectivity index (χ0v) is 9.75. The van der Waals surface area contributed by atoms with Crippen LogP contribution in [-0.4, -0.2) is 5.78 Å². The van der Waals surface area contributed by atoms with Gasteiger partial charge in [0.15, 0.2) is 5.78 Å². The summed E-state index contributed by atoms with van der Waals surface area (Å²) in [7, 11) is 0. The second-order valence-corrected chi connectivity index (χ2v) is 3.98. The molecule has 0 heterocycles. The molecule has 0 bridgehead atoms. The number of rotatable bonds is 4. The summed E-state index contributed by atoms with van der Waals surface area (Å²) in [5.41, 5.74) is 0.737. The van der Waals surface area contributed by atoms with Crippen LogP contribution < -0.4 is 0 Å². The average Bonchev–Trinajstić information content (AvgIpc) is 2.19. The molecule has 1 aromatic carbocycles. The van der Waals surface area contributed by atoms with Crippen molar-refractivity contribution in [2.45, 2.75) is 19.8 Å². The van der Waals surface area contributed by atoms with Gasteiger partial charge in [-0.1, -0.05) is 35.4 Å². The molecule has 2 heteroatoms. The predicted molar refractivity (Wildman–Crippen MR) is 62.5 cm³/mol. The van der Waals surface area contributed by atoms with Crippen molar-refractivity contribution >= 4 is 21.7 Å². The summed E-state index contributed by atoms with van der Waals surface area (Å²) >= 11 is 3.33. The van der Waals surface area contributed by atoms with Gasteiger partial charge in [0.25, 0.3) is 0 Å². The van der Waals surface area contributed by atoms with E-state index >= 15 is 0 Å². The van der Waals surface area contributed by atoms with Crippen molar-refractivity contribution in [3.05, 3.63) is 46.5 Å². The zero-order valence-electron chi connectivity index (χ0n) is 8.16. The van der Waals surface area contributed by atoms with Gasteiger partial charge >= 0.3 is 0 Å². The van der Waals surface area contributed by atoms with Crippen molar-refractivity contribution in [3.63, 3.8) is 0 Å². The fourth-order valence-corrected chi connectivity index (χ4v) is 1.33. The SMILES string of the molecule is CCCC=CC(=O)c1ccc(Br)cc1. The van der Waals surface area contributed by atoms with Crippen LogP contribution in [0.4, 0.5) is 0 Å². The number of carbonyl (C=O) groups is 1. The number of carbonyl (C=O) groups excluding carboxylic acids is 1. The number of ketones is 1. The smallest absolute Gasteiger partial charge is 0.185 e. The molecule has 0 aliphatic heterocycles. The molecule has 0 saturated carbocycles. The zero-order chi connectivity index (χ0) is 10.4. The average molecular weight is 253 g/mol. The van der Waals surface area contributed by atoms with Gasteiger partial charge in [0.1, 0.15) is 0 Å². The standard InChI is InChI=1S/C12H13BrO/c1-2-3-4-5-12(14)10-6-8-11(13)9-7-10/h4-9H,2-3H2,1H3. The highest BCUT2D eigenvalue weighted by molar-refractivity contribution is 9.10. The van der Waals surface area contributed by atoms with Crippen LogP contribution in [0.2, 0.25) is 0 Å². The number of allylic oxidation sites excluding steroid dienone is 2. The van der Waals surface area contributed by atoms with Gasteiger partial charge in [-0.15, -0.1) is 0 Å². The van der Waals surface area contributed by atoms with E-state index in [1.54, 1.807) is 6.08 Å². The van der Waals surface area contributed by atoms with Crippen molar-refractivity contribution in [3.8, 4) is 0 Å². The minimum Gasteiger partial charge on any atom is -0.289 e. The maximum absolute atomic E-state index is 11.5. The third kappa shape index (κ3) is 3.46. The Bertz CT molecular complexity index is 325. The van der Waals surface area contributed by atoms with E-state index in [4.69, 9.17) is 0 Å². The Balaban J connectivity index is 2.65. The number of hydrogen-bond acceptors (Lipinski definition) is 1. The van der Waals surface area contributed by atoms with Crippen molar-refractivity contribution in [2.24, 2.45) is 0 Å². The van der Waals surface area contributed by atoms with Crippen molar-refractivity contribution < 1.29 is 4.79 Å². The van der Waals surface area contributed by atoms with Crippen LogP contribution in [0.1, 0.15) is 30.1 Å². The van der Waals surface area contributed by atoms with Gasteiger partial charge in [-0.25, -0.2) is 0 Å². The van der Waals surface area contributed by atoms with Crippen LogP contribution in [0, 0.1) is 0 Å². The Morgan fingerprint density at radius 3 is 2.57 bits per heavy atom. The molecule has 1 rings (SSSR count). The minimum absolute atomic E-state index is 0.0750. The Morgan fingerprint density at radius 1 is 1.36 bits per heavy atom. The minimum atomic E-state index is 0.0750. The fourth-order valence-electron chi connectivity index (χ4n) is 1.07. The summed E-state index contributed by atoms with van der Waals surface area (Å²) in [4.78, 5) is 11.5. The second kappa shape index (κ2) is 5.76. The molecule has 74 valence electrons. The lowest BCUT2D eigenvalue weighted by atomic mass is 10.1. The maximum Gasteiger partial charge on any atom is 0.185 e.